The number of carbonyl (C=O) groups is 4. The summed E-state index contributed by atoms with van der Waals surface area (Å²) in [7, 11) is 0. The van der Waals surface area contributed by atoms with Gasteiger partial charge in [-0.2, -0.15) is 13.2 Å². The van der Waals surface area contributed by atoms with Gasteiger partial charge in [0.15, 0.2) is 5.75 Å². The average Bonchev–Trinajstić information content (AvgIpc) is 3.69. The van der Waals surface area contributed by atoms with Crippen molar-refractivity contribution in [3.63, 3.8) is 0 Å². The summed E-state index contributed by atoms with van der Waals surface area (Å²) in [6.45, 7) is 3.19. The first kappa shape index (κ1) is 32.1. The fourth-order valence-corrected chi connectivity index (χ4v) is 3.69. The number of alkyl halides is 6. The average molecular weight is 605 g/mol. The van der Waals surface area contributed by atoms with Crippen LogP contribution in [-0.4, -0.2) is 69.5 Å². The summed E-state index contributed by atoms with van der Waals surface area (Å²) in [4.78, 5) is 53.9. The summed E-state index contributed by atoms with van der Waals surface area (Å²) < 4.78 is 74.6. The molecular formula is C25H25F6N5O6. The number of carboxylic acids is 1. The Morgan fingerprint density at radius 2 is 1.67 bits per heavy atom. The minimum absolute atomic E-state index is 0.00489. The van der Waals surface area contributed by atoms with E-state index in [0.717, 1.165) is 35.4 Å². The van der Waals surface area contributed by atoms with Gasteiger partial charge in [0.05, 0.1) is 17.9 Å². The molecule has 2 fully saturated rings. The van der Waals surface area contributed by atoms with Crippen LogP contribution in [0.1, 0.15) is 32.3 Å². The maximum Gasteiger partial charge on any atom is 0.573 e. The molecule has 0 atom stereocenters. The molecule has 1 aliphatic carbocycles. The van der Waals surface area contributed by atoms with Crippen LogP contribution < -0.4 is 20.3 Å². The second kappa shape index (κ2) is 12.2. The molecule has 4 rings (SSSR count). The van der Waals surface area contributed by atoms with Crippen LogP contribution in [0, 0.1) is 0 Å². The lowest BCUT2D eigenvalue weighted by Gasteiger charge is -2.27. The van der Waals surface area contributed by atoms with Crippen LogP contribution in [0.25, 0.3) is 0 Å². The van der Waals surface area contributed by atoms with Crippen molar-refractivity contribution in [2.45, 2.75) is 57.4 Å². The molecule has 3 N–H and O–H groups in total. The van der Waals surface area contributed by atoms with Crippen molar-refractivity contribution in [2.75, 3.05) is 16.8 Å². The predicted octanol–water partition coefficient (Wildman–Crippen LogP) is 4.05. The zero-order chi connectivity index (χ0) is 31.5. The molecule has 1 aromatic carbocycles. The highest BCUT2D eigenvalue weighted by Gasteiger charge is 2.52. The summed E-state index contributed by atoms with van der Waals surface area (Å²) in [5.74, 6) is -4.56. The number of ether oxygens (including phenoxy) is 1. The number of urea groups is 1. The molecule has 1 saturated carbocycles. The molecule has 0 radical (unpaired) electrons. The van der Waals surface area contributed by atoms with Gasteiger partial charge in [-0.15, -0.1) is 13.2 Å². The number of nitrogens with zero attached hydrogens (tertiary/aromatic N) is 3. The molecule has 2 heterocycles. The number of pyridine rings is 1. The lowest BCUT2D eigenvalue weighted by Crippen LogP contribution is -2.43. The Morgan fingerprint density at radius 1 is 1.07 bits per heavy atom. The van der Waals surface area contributed by atoms with Crippen molar-refractivity contribution in [3.8, 4) is 5.75 Å². The van der Waals surface area contributed by atoms with Crippen molar-refractivity contribution in [3.05, 3.63) is 48.3 Å². The van der Waals surface area contributed by atoms with Gasteiger partial charge in [-0.05, 0) is 62.6 Å². The molecule has 228 valence electrons. The summed E-state index contributed by atoms with van der Waals surface area (Å²) in [6.07, 6.45) is -5.11. The molecule has 2 aromatic rings. The number of nitrogens with one attached hydrogen (secondary N) is 2. The van der Waals surface area contributed by atoms with Gasteiger partial charge in [-0.3, -0.25) is 14.6 Å². The van der Waals surface area contributed by atoms with Crippen LogP contribution in [0.3, 0.4) is 0 Å². The summed E-state index contributed by atoms with van der Waals surface area (Å²) in [5.41, 5.74) is -0.779. The first-order valence-electron chi connectivity index (χ1n) is 12.2. The molecule has 0 unspecified atom stereocenters. The number of hydrogen-bond acceptors (Lipinski definition) is 7. The number of benzene rings is 1. The molecule has 0 bridgehead atoms. The largest absolute Gasteiger partial charge is 0.573 e. The van der Waals surface area contributed by atoms with E-state index in [0.29, 0.717) is 0 Å². The Morgan fingerprint density at radius 3 is 2.19 bits per heavy atom. The van der Waals surface area contributed by atoms with E-state index in [2.05, 4.69) is 20.4 Å². The van der Waals surface area contributed by atoms with Gasteiger partial charge >= 0.3 is 24.5 Å². The third-order valence-corrected chi connectivity index (χ3v) is 6.01. The van der Waals surface area contributed by atoms with Crippen molar-refractivity contribution < 1.29 is 55.4 Å². The van der Waals surface area contributed by atoms with E-state index < -0.39 is 47.6 Å². The minimum atomic E-state index is -5.08. The highest BCUT2D eigenvalue weighted by molar-refractivity contribution is 6.23. The van der Waals surface area contributed by atoms with Gasteiger partial charge in [-0.25, -0.2) is 14.5 Å². The summed E-state index contributed by atoms with van der Waals surface area (Å²) >= 11 is 0. The van der Waals surface area contributed by atoms with Crippen LogP contribution in [-0.2, 0) is 20.9 Å². The van der Waals surface area contributed by atoms with Gasteiger partial charge < -0.3 is 25.4 Å². The lowest BCUT2D eigenvalue weighted by molar-refractivity contribution is -0.274. The smallest absolute Gasteiger partial charge is 0.475 e. The van der Waals surface area contributed by atoms with E-state index in [1.165, 1.54) is 11.0 Å². The number of halogens is 6. The van der Waals surface area contributed by atoms with Crippen LogP contribution in [0.4, 0.5) is 42.5 Å². The Hall–Kier alpha value is -4.41. The topological polar surface area (TPSA) is 141 Å². The lowest BCUT2D eigenvalue weighted by atomic mass is 10.0. The van der Waals surface area contributed by atoms with Gasteiger partial charge in [0.25, 0.3) is 5.91 Å². The highest BCUT2D eigenvalue weighted by atomic mass is 19.4. The van der Waals surface area contributed by atoms with Crippen molar-refractivity contribution >= 4 is 35.2 Å². The van der Waals surface area contributed by atoms with Crippen LogP contribution in [0.2, 0.25) is 0 Å². The van der Waals surface area contributed by atoms with Gasteiger partial charge in [0.2, 0.25) is 5.91 Å². The molecule has 2 aliphatic rings. The minimum Gasteiger partial charge on any atom is -0.475 e. The van der Waals surface area contributed by atoms with Crippen molar-refractivity contribution in [2.24, 2.45) is 0 Å². The van der Waals surface area contributed by atoms with Crippen LogP contribution in [0.15, 0.2) is 42.7 Å². The number of aliphatic carboxylic acids is 1. The van der Waals surface area contributed by atoms with Gasteiger partial charge in [0.1, 0.15) is 5.54 Å². The Labute approximate surface area is 234 Å². The molecule has 42 heavy (non-hydrogen) atoms. The highest BCUT2D eigenvalue weighted by Crippen LogP contribution is 2.38. The van der Waals surface area contributed by atoms with Gasteiger partial charge in [0, 0.05) is 25.0 Å². The SMILES string of the molecule is CC1(C)C(=O)N(c2ccc(OC(F)(F)F)c(NC(=O)CNC3CC3)c2)C(=O)N1Cc1ccncc1.O=C(O)C(F)(F)F. The van der Waals surface area contributed by atoms with E-state index in [4.69, 9.17) is 9.90 Å². The van der Waals surface area contributed by atoms with E-state index >= 15 is 0 Å². The van der Waals surface area contributed by atoms with Crippen LogP contribution >= 0.6 is 0 Å². The number of rotatable bonds is 8. The van der Waals surface area contributed by atoms with E-state index in [1.807, 2.05) is 0 Å². The van der Waals surface area contributed by atoms with Gasteiger partial charge in [-0.1, -0.05) is 0 Å². The number of aromatic nitrogens is 1. The Kier molecular flexibility index (Phi) is 9.34. The zero-order valence-corrected chi connectivity index (χ0v) is 22.0. The second-order valence-corrected chi connectivity index (χ2v) is 9.66. The first-order chi connectivity index (χ1) is 19.4. The van der Waals surface area contributed by atoms with Crippen LogP contribution in [0.5, 0.6) is 5.75 Å². The molecule has 1 aromatic heterocycles. The molecule has 4 amide bonds. The Balaban J connectivity index is 0.000000616. The number of amides is 4. The quantitative estimate of drug-likeness (QED) is 0.303. The third kappa shape index (κ3) is 8.31. The maximum absolute atomic E-state index is 13.3. The number of imide groups is 1. The molecule has 11 nitrogen and oxygen atoms in total. The fraction of sp³-hybridized carbons (Fsp3) is 0.400. The summed E-state index contributed by atoms with van der Waals surface area (Å²) in [5, 5.41) is 12.5. The standard InChI is InChI=1S/C23H24F3N5O4.C2HF3O2/c1-22(2)20(33)31(21(34)30(22)13-14-7-9-27-10-8-14)16-5-6-18(35-23(24,25)26)17(11-16)29-19(32)12-28-15-3-4-15;3-2(4,5)1(6)7/h5-11,15,28H,3-4,12-13H2,1-2H3,(H,29,32);(H,6,7). The monoisotopic (exact) mass is 605 g/mol. The van der Waals surface area contributed by atoms with Crippen molar-refractivity contribution in [1.29, 1.82) is 0 Å². The molecule has 17 heteroatoms. The number of carbonyl (C=O) groups excluding carboxylic acids is 3. The summed E-state index contributed by atoms with van der Waals surface area (Å²) in [6, 6.07) is 6.25. The van der Waals surface area contributed by atoms with E-state index in [-0.39, 0.29) is 30.5 Å². The zero-order valence-electron chi connectivity index (χ0n) is 22.0. The molecule has 1 aliphatic heterocycles. The Bertz CT molecular complexity index is 1330. The second-order valence-electron chi connectivity index (χ2n) is 9.66. The fourth-order valence-electron chi connectivity index (χ4n) is 3.69. The normalized spacial score (nSPS) is 16.6. The van der Waals surface area contributed by atoms with Crippen molar-refractivity contribution in [1.82, 2.24) is 15.2 Å². The third-order valence-electron chi connectivity index (χ3n) is 6.01. The number of carboxylic acid groups (broad SMARTS) is 1. The number of anilines is 2. The first-order valence-corrected chi connectivity index (χ1v) is 12.2. The predicted molar refractivity (Wildman–Crippen MR) is 133 cm³/mol. The van der Waals surface area contributed by atoms with E-state index in [9.17, 15) is 40.7 Å². The molecule has 0 spiro atoms. The molecular weight excluding hydrogens is 580 g/mol. The van der Waals surface area contributed by atoms with E-state index in [1.54, 1.807) is 38.4 Å². The maximum atomic E-state index is 13.3. The molecule has 1 saturated heterocycles. The number of hydrogen-bond donors (Lipinski definition) is 3.